The maximum absolute atomic E-state index is 9.23. The van der Waals surface area contributed by atoms with Crippen LogP contribution in [0.5, 0.6) is 17.4 Å². The first-order chi connectivity index (χ1) is 10.1. The minimum absolute atomic E-state index is 0.234. The van der Waals surface area contributed by atoms with Crippen LogP contribution in [0.4, 0.5) is 0 Å². The van der Waals surface area contributed by atoms with Gasteiger partial charge in [-0.1, -0.05) is 0 Å². The van der Waals surface area contributed by atoms with E-state index in [1.807, 2.05) is 26.0 Å². The van der Waals surface area contributed by atoms with Gasteiger partial charge in [-0.05, 0) is 37.6 Å². The number of pyridine rings is 1. The smallest absolute Gasteiger partial charge is 0.237 e. The van der Waals surface area contributed by atoms with Crippen LogP contribution in [-0.4, -0.2) is 12.1 Å². The Balaban J connectivity index is 2.49. The van der Waals surface area contributed by atoms with Gasteiger partial charge in [0.15, 0.2) is 11.5 Å². The third-order valence-corrected chi connectivity index (χ3v) is 2.92. The molecule has 0 saturated carbocycles. The molecule has 0 aliphatic heterocycles. The van der Waals surface area contributed by atoms with Crippen molar-refractivity contribution in [3.63, 3.8) is 0 Å². The molecular weight excluding hydrogens is 266 g/mol. The van der Waals surface area contributed by atoms with Crippen LogP contribution >= 0.6 is 0 Å². The normalized spacial score (nSPS) is 9.57. The molecule has 0 fully saturated rings. The number of ether oxygens (including phenoxy) is 2. The van der Waals surface area contributed by atoms with E-state index in [0.717, 1.165) is 11.3 Å². The number of rotatable bonds is 3. The molecule has 21 heavy (non-hydrogen) atoms. The number of aromatic nitrogens is 1. The average molecular weight is 279 g/mol. The van der Waals surface area contributed by atoms with Crippen molar-refractivity contribution in [2.24, 2.45) is 0 Å². The SMILES string of the molecule is COc1cc(C#N)ccc1Oc1nc(C)cc(C)c1C#N. The molecule has 0 N–H and O–H groups in total. The summed E-state index contributed by atoms with van der Waals surface area (Å²) in [6.07, 6.45) is 0. The summed E-state index contributed by atoms with van der Waals surface area (Å²) in [5.74, 6) is 1.06. The molecule has 2 rings (SSSR count). The van der Waals surface area contributed by atoms with Gasteiger partial charge in [0, 0.05) is 11.8 Å². The quantitative estimate of drug-likeness (QED) is 0.861. The lowest BCUT2D eigenvalue weighted by Gasteiger charge is -2.12. The number of hydrogen-bond acceptors (Lipinski definition) is 5. The zero-order valence-corrected chi connectivity index (χ0v) is 12.0. The zero-order chi connectivity index (χ0) is 15.4. The maximum Gasteiger partial charge on any atom is 0.237 e. The molecule has 1 aromatic heterocycles. The van der Waals surface area contributed by atoms with Crippen LogP contribution < -0.4 is 9.47 Å². The molecule has 0 amide bonds. The van der Waals surface area contributed by atoms with Crippen molar-refractivity contribution in [2.45, 2.75) is 13.8 Å². The Morgan fingerprint density at radius 2 is 1.81 bits per heavy atom. The minimum Gasteiger partial charge on any atom is -0.493 e. The van der Waals surface area contributed by atoms with Crippen molar-refractivity contribution in [1.29, 1.82) is 10.5 Å². The first kappa shape index (κ1) is 14.4. The van der Waals surface area contributed by atoms with E-state index in [1.54, 1.807) is 18.2 Å². The first-order valence-electron chi connectivity index (χ1n) is 6.23. The van der Waals surface area contributed by atoms with Crippen molar-refractivity contribution in [3.05, 3.63) is 46.6 Å². The van der Waals surface area contributed by atoms with Crippen molar-refractivity contribution >= 4 is 0 Å². The van der Waals surface area contributed by atoms with E-state index in [4.69, 9.17) is 14.7 Å². The minimum atomic E-state index is 0.234. The molecule has 0 radical (unpaired) electrons. The Morgan fingerprint density at radius 1 is 1.05 bits per heavy atom. The highest BCUT2D eigenvalue weighted by molar-refractivity contribution is 5.51. The predicted octanol–water partition coefficient (Wildman–Crippen LogP) is 3.24. The van der Waals surface area contributed by atoms with Crippen molar-refractivity contribution in [1.82, 2.24) is 4.98 Å². The van der Waals surface area contributed by atoms with Crippen molar-refractivity contribution in [3.8, 4) is 29.5 Å². The lowest BCUT2D eigenvalue weighted by Crippen LogP contribution is -1.98. The molecule has 0 aliphatic carbocycles. The molecule has 1 heterocycles. The van der Waals surface area contributed by atoms with Crippen LogP contribution in [0.15, 0.2) is 24.3 Å². The summed E-state index contributed by atoms with van der Waals surface area (Å²) in [5, 5.41) is 18.1. The van der Waals surface area contributed by atoms with Crippen LogP contribution in [0.2, 0.25) is 0 Å². The Hall–Kier alpha value is -3.05. The molecule has 1 aromatic carbocycles. The van der Waals surface area contributed by atoms with Gasteiger partial charge in [0.2, 0.25) is 5.88 Å². The van der Waals surface area contributed by atoms with Gasteiger partial charge >= 0.3 is 0 Å². The molecule has 5 nitrogen and oxygen atoms in total. The molecule has 0 bridgehead atoms. The number of benzene rings is 1. The summed E-state index contributed by atoms with van der Waals surface area (Å²) >= 11 is 0. The van der Waals surface area contributed by atoms with Gasteiger partial charge in [0.25, 0.3) is 0 Å². The third-order valence-electron chi connectivity index (χ3n) is 2.92. The summed E-state index contributed by atoms with van der Waals surface area (Å²) in [7, 11) is 1.49. The Bertz CT molecular complexity index is 770. The van der Waals surface area contributed by atoms with Gasteiger partial charge in [-0.25, -0.2) is 4.98 Å². The largest absolute Gasteiger partial charge is 0.493 e. The molecule has 0 spiro atoms. The number of nitriles is 2. The zero-order valence-electron chi connectivity index (χ0n) is 12.0. The van der Waals surface area contributed by atoms with E-state index < -0.39 is 0 Å². The molecule has 0 aliphatic rings. The molecule has 0 atom stereocenters. The van der Waals surface area contributed by atoms with E-state index in [1.165, 1.54) is 7.11 Å². The summed E-state index contributed by atoms with van der Waals surface area (Å²) in [4.78, 5) is 4.25. The fourth-order valence-electron chi connectivity index (χ4n) is 1.94. The molecule has 104 valence electrons. The molecular formula is C16H13N3O2. The van der Waals surface area contributed by atoms with E-state index >= 15 is 0 Å². The van der Waals surface area contributed by atoms with E-state index in [-0.39, 0.29) is 5.88 Å². The topological polar surface area (TPSA) is 78.9 Å². The third kappa shape index (κ3) is 2.93. The molecule has 2 aromatic rings. The number of aryl methyl sites for hydroxylation is 2. The van der Waals surface area contributed by atoms with Gasteiger partial charge < -0.3 is 9.47 Å². The Morgan fingerprint density at radius 3 is 2.43 bits per heavy atom. The fraction of sp³-hybridized carbons (Fsp3) is 0.188. The van der Waals surface area contributed by atoms with Crippen LogP contribution in [0.1, 0.15) is 22.4 Å². The Kier molecular flexibility index (Phi) is 4.06. The number of hydrogen-bond donors (Lipinski definition) is 0. The highest BCUT2D eigenvalue weighted by atomic mass is 16.5. The fourth-order valence-corrected chi connectivity index (χ4v) is 1.94. The highest BCUT2D eigenvalue weighted by Crippen LogP contribution is 2.33. The first-order valence-corrected chi connectivity index (χ1v) is 6.23. The lowest BCUT2D eigenvalue weighted by molar-refractivity contribution is 0.373. The van der Waals surface area contributed by atoms with Crippen molar-refractivity contribution < 1.29 is 9.47 Å². The van der Waals surface area contributed by atoms with Crippen LogP contribution in [0.25, 0.3) is 0 Å². The summed E-state index contributed by atoms with van der Waals surface area (Å²) in [6.45, 7) is 3.66. The number of nitrogens with zero attached hydrogens (tertiary/aromatic N) is 3. The van der Waals surface area contributed by atoms with E-state index in [9.17, 15) is 5.26 Å². The van der Waals surface area contributed by atoms with Gasteiger partial charge in [-0.3, -0.25) is 0 Å². The standard InChI is InChI=1S/C16H13N3O2/c1-10-6-11(2)19-16(13(10)9-18)21-14-5-4-12(8-17)7-15(14)20-3/h4-7H,1-3H3. The van der Waals surface area contributed by atoms with E-state index in [2.05, 4.69) is 11.1 Å². The van der Waals surface area contributed by atoms with Gasteiger partial charge in [0.1, 0.15) is 11.6 Å². The molecule has 0 unspecified atom stereocenters. The summed E-state index contributed by atoms with van der Waals surface area (Å²) < 4.78 is 10.9. The maximum atomic E-state index is 9.23. The van der Waals surface area contributed by atoms with E-state index in [0.29, 0.717) is 22.6 Å². The second kappa shape index (κ2) is 5.94. The molecule has 5 heteroatoms. The second-order valence-electron chi connectivity index (χ2n) is 4.45. The average Bonchev–Trinajstić information content (AvgIpc) is 2.47. The summed E-state index contributed by atoms with van der Waals surface area (Å²) in [6, 6.07) is 10.8. The lowest BCUT2D eigenvalue weighted by atomic mass is 10.1. The highest BCUT2D eigenvalue weighted by Gasteiger charge is 2.14. The molecule has 0 saturated heterocycles. The van der Waals surface area contributed by atoms with Crippen molar-refractivity contribution in [2.75, 3.05) is 7.11 Å². The van der Waals surface area contributed by atoms with Crippen LogP contribution in [0.3, 0.4) is 0 Å². The second-order valence-corrected chi connectivity index (χ2v) is 4.45. The monoisotopic (exact) mass is 279 g/mol. The van der Waals surface area contributed by atoms with Gasteiger partial charge in [0.05, 0.1) is 18.7 Å². The van der Waals surface area contributed by atoms with Gasteiger partial charge in [-0.2, -0.15) is 10.5 Å². The van der Waals surface area contributed by atoms with Crippen LogP contribution in [0, 0.1) is 36.5 Å². The predicted molar refractivity (Wildman–Crippen MR) is 76.2 cm³/mol. The Labute approximate surface area is 123 Å². The van der Waals surface area contributed by atoms with Gasteiger partial charge in [-0.15, -0.1) is 0 Å². The van der Waals surface area contributed by atoms with Crippen LogP contribution in [-0.2, 0) is 0 Å². The number of methoxy groups -OCH3 is 1. The summed E-state index contributed by atoms with van der Waals surface area (Å²) in [5.41, 5.74) is 2.40.